The van der Waals surface area contributed by atoms with E-state index in [9.17, 15) is 19.8 Å². The van der Waals surface area contributed by atoms with E-state index in [0.29, 0.717) is 16.1 Å². The van der Waals surface area contributed by atoms with E-state index in [1.54, 1.807) is 19.1 Å². The minimum atomic E-state index is -0.735. The first-order valence-corrected chi connectivity index (χ1v) is 10.6. The Balaban J connectivity index is 1.41. The van der Waals surface area contributed by atoms with Crippen LogP contribution in [-0.4, -0.2) is 38.0 Å². The zero-order valence-corrected chi connectivity index (χ0v) is 18.6. The fourth-order valence-corrected chi connectivity index (χ4v) is 3.54. The van der Waals surface area contributed by atoms with Crippen LogP contribution in [0.15, 0.2) is 71.3 Å². The van der Waals surface area contributed by atoms with Crippen molar-refractivity contribution in [2.45, 2.75) is 26.3 Å². The van der Waals surface area contributed by atoms with Gasteiger partial charge in [-0.25, -0.2) is 4.79 Å². The highest BCUT2D eigenvalue weighted by Crippen LogP contribution is 2.34. The van der Waals surface area contributed by atoms with Gasteiger partial charge in [0.05, 0.1) is 12.0 Å². The van der Waals surface area contributed by atoms with Gasteiger partial charge in [0, 0.05) is 29.3 Å². The molecule has 0 bridgehead atoms. The number of carbonyl (C=O) groups excluding carboxylic acids is 2. The molecular formula is C25H23N3O6. The molecule has 0 spiro atoms. The molecule has 9 heteroatoms. The van der Waals surface area contributed by atoms with Crippen molar-refractivity contribution < 1.29 is 29.2 Å². The number of nitrogens with one attached hydrogen (secondary N) is 1. The minimum Gasteiger partial charge on any atom is -0.492 e. The Morgan fingerprint density at radius 1 is 1.00 bits per heavy atom. The van der Waals surface area contributed by atoms with Gasteiger partial charge in [-0.3, -0.25) is 4.79 Å². The average molecular weight is 461 g/mol. The summed E-state index contributed by atoms with van der Waals surface area (Å²) < 4.78 is 6.02. The highest BCUT2D eigenvalue weighted by molar-refractivity contribution is 5.95. The molecule has 0 fully saturated rings. The van der Waals surface area contributed by atoms with Crippen molar-refractivity contribution >= 4 is 11.9 Å². The van der Waals surface area contributed by atoms with E-state index >= 15 is 0 Å². The number of aromatic nitrogens is 2. The van der Waals surface area contributed by atoms with Crippen molar-refractivity contribution in [1.29, 1.82) is 0 Å². The molecule has 3 N–H and O–H groups in total. The van der Waals surface area contributed by atoms with Gasteiger partial charge in [-0.05, 0) is 31.5 Å². The maximum atomic E-state index is 12.6. The molecule has 0 aliphatic carbocycles. The summed E-state index contributed by atoms with van der Waals surface area (Å²) in [5.41, 5.74) is 3.78. The van der Waals surface area contributed by atoms with Gasteiger partial charge in [0.15, 0.2) is 0 Å². The second-order valence-electron chi connectivity index (χ2n) is 7.79. The highest BCUT2D eigenvalue weighted by Gasteiger charge is 2.19. The van der Waals surface area contributed by atoms with Gasteiger partial charge in [0.1, 0.15) is 11.5 Å². The van der Waals surface area contributed by atoms with Crippen LogP contribution in [0.2, 0.25) is 0 Å². The lowest BCUT2D eigenvalue weighted by molar-refractivity contribution is -0.145. The maximum absolute atomic E-state index is 12.6. The fourth-order valence-electron chi connectivity index (χ4n) is 3.54. The summed E-state index contributed by atoms with van der Waals surface area (Å²) >= 11 is 0. The first-order valence-electron chi connectivity index (χ1n) is 10.6. The van der Waals surface area contributed by atoms with Crippen LogP contribution in [0, 0.1) is 6.92 Å². The molecule has 0 radical (unpaired) electrons. The van der Waals surface area contributed by atoms with Gasteiger partial charge in [0.25, 0.3) is 5.91 Å². The third-order valence-electron chi connectivity index (χ3n) is 5.19. The van der Waals surface area contributed by atoms with Crippen molar-refractivity contribution in [3.8, 4) is 34.1 Å². The maximum Gasteiger partial charge on any atom is 0.335 e. The van der Waals surface area contributed by atoms with Crippen LogP contribution in [0.25, 0.3) is 22.4 Å². The Hall–Kier alpha value is -4.53. The Bertz CT molecular complexity index is 1290. The number of nitrogens with zero attached hydrogens (tertiary/aromatic N) is 2. The molecule has 9 nitrogen and oxygen atoms in total. The van der Waals surface area contributed by atoms with Gasteiger partial charge in [0.2, 0.25) is 11.8 Å². The molecule has 34 heavy (non-hydrogen) atoms. The zero-order chi connectivity index (χ0) is 24.2. The van der Waals surface area contributed by atoms with Crippen LogP contribution in [0.1, 0.15) is 29.5 Å². The standard InChI is InChI=1S/C25H23N3O6/c1-15(14-22(31)34-28-20(29)12-13-21(28)30)26-25(32)19-10-8-17(9-11-19)23-16(2)33-27-24(23)18-6-4-3-5-7-18/h3-13,15,29-30H,14H2,1-2H3,(H,26,32)/t15-/m0/s1. The lowest BCUT2D eigenvalue weighted by atomic mass is 9.98. The predicted octanol–water partition coefficient (Wildman–Crippen LogP) is 3.69. The van der Waals surface area contributed by atoms with Gasteiger partial charge in [-0.2, -0.15) is 0 Å². The monoisotopic (exact) mass is 461 g/mol. The predicted molar refractivity (Wildman–Crippen MR) is 123 cm³/mol. The first-order chi connectivity index (χ1) is 16.3. The molecule has 2 aromatic heterocycles. The molecule has 174 valence electrons. The van der Waals surface area contributed by atoms with E-state index in [2.05, 4.69) is 10.5 Å². The fraction of sp³-hybridized carbons (Fsp3) is 0.160. The Morgan fingerprint density at radius 2 is 1.65 bits per heavy atom. The Kier molecular flexibility index (Phi) is 6.35. The molecule has 1 amide bonds. The van der Waals surface area contributed by atoms with Crippen LogP contribution >= 0.6 is 0 Å². The molecule has 4 rings (SSSR count). The number of rotatable bonds is 7. The van der Waals surface area contributed by atoms with Crippen LogP contribution in [-0.2, 0) is 4.79 Å². The second-order valence-corrected chi connectivity index (χ2v) is 7.79. The van der Waals surface area contributed by atoms with Gasteiger partial charge >= 0.3 is 5.97 Å². The molecule has 2 heterocycles. The number of benzene rings is 2. The van der Waals surface area contributed by atoms with Crippen LogP contribution < -0.4 is 10.2 Å². The lowest BCUT2D eigenvalue weighted by Crippen LogP contribution is -2.36. The van der Waals surface area contributed by atoms with E-state index in [4.69, 9.17) is 9.36 Å². The molecule has 0 aliphatic rings. The average Bonchev–Trinajstić information content (AvgIpc) is 3.36. The molecule has 2 aromatic carbocycles. The summed E-state index contributed by atoms with van der Waals surface area (Å²) in [7, 11) is 0. The second kappa shape index (κ2) is 9.53. The van der Waals surface area contributed by atoms with Crippen LogP contribution in [0.3, 0.4) is 0 Å². The zero-order valence-electron chi connectivity index (χ0n) is 18.6. The van der Waals surface area contributed by atoms with Crippen molar-refractivity contribution in [2.24, 2.45) is 0 Å². The van der Waals surface area contributed by atoms with E-state index in [-0.39, 0.29) is 12.3 Å². The van der Waals surface area contributed by atoms with E-state index in [0.717, 1.165) is 22.4 Å². The van der Waals surface area contributed by atoms with Gasteiger partial charge in [-0.1, -0.05) is 47.6 Å². The summed E-state index contributed by atoms with van der Waals surface area (Å²) in [6.45, 7) is 3.49. The topological polar surface area (TPSA) is 127 Å². The third-order valence-corrected chi connectivity index (χ3v) is 5.19. The number of hydrogen-bond donors (Lipinski definition) is 3. The van der Waals surface area contributed by atoms with E-state index in [1.807, 2.05) is 49.4 Å². The molecule has 0 saturated carbocycles. The summed E-state index contributed by atoms with van der Waals surface area (Å²) in [5, 5.41) is 26.0. The van der Waals surface area contributed by atoms with E-state index < -0.39 is 23.8 Å². The highest BCUT2D eigenvalue weighted by atomic mass is 16.7. The largest absolute Gasteiger partial charge is 0.492 e. The number of amides is 1. The normalized spacial score (nSPS) is 11.7. The summed E-state index contributed by atoms with van der Waals surface area (Å²) in [5.74, 6) is -1.25. The SMILES string of the molecule is Cc1onc(-c2ccccc2)c1-c1ccc(C(=O)N[C@@H](C)CC(=O)On2c(O)ccc2O)cc1. The molecule has 0 saturated heterocycles. The molecule has 4 aromatic rings. The lowest BCUT2D eigenvalue weighted by Gasteiger charge is -2.14. The smallest absolute Gasteiger partial charge is 0.335 e. The minimum absolute atomic E-state index is 0.165. The third kappa shape index (κ3) is 4.78. The number of hydrogen-bond acceptors (Lipinski definition) is 7. The molecular weight excluding hydrogens is 438 g/mol. The van der Waals surface area contributed by atoms with E-state index in [1.165, 1.54) is 12.1 Å². The molecule has 1 atom stereocenters. The quantitative estimate of drug-likeness (QED) is 0.383. The van der Waals surface area contributed by atoms with Crippen molar-refractivity contribution in [2.75, 3.05) is 0 Å². The number of aromatic hydroxyl groups is 2. The number of carbonyl (C=O) groups is 2. The molecule has 0 unspecified atom stereocenters. The first kappa shape index (κ1) is 22.7. The summed E-state index contributed by atoms with van der Waals surface area (Å²) in [6, 6.07) is 18.5. The number of aryl methyl sites for hydroxylation is 1. The Morgan fingerprint density at radius 3 is 2.29 bits per heavy atom. The van der Waals surface area contributed by atoms with Crippen LogP contribution in [0.5, 0.6) is 11.8 Å². The summed E-state index contributed by atoms with van der Waals surface area (Å²) in [6.07, 6.45) is -0.165. The molecule has 0 aliphatic heterocycles. The van der Waals surface area contributed by atoms with Crippen molar-refractivity contribution in [3.63, 3.8) is 0 Å². The van der Waals surface area contributed by atoms with Crippen molar-refractivity contribution in [1.82, 2.24) is 15.2 Å². The van der Waals surface area contributed by atoms with Gasteiger partial charge in [-0.15, -0.1) is 4.73 Å². The van der Waals surface area contributed by atoms with Gasteiger partial charge < -0.3 is 24.9 Å². The summed E-state index contributed by atoms with van der Waals surface area (Å²) in [4.78, 5) is 29.6. The Labute approximate surface area is 195 Å². The van der Waals surface area contributed by atoms with Crippen molar-refractivity contribution in [3.05, 3.63) is 78.1 Å². The van der Waals surface area contributed by atoms with Crippen LogP contribution in [0.4, 0.5) is 0 Å².